The molecule has 0 unspecified atom stereocenters. The lowest BCUT2D eigenvalue weighted by molar-refractivity contribution is -0.414. The fourth-order valence-electron chi connectivity index (χ4n) is 6.40. The Labute approximate surface area is 345 Å². The minimum atomic E-state index is -7.62. The second-order valence-electron chi connectivity index (χ2n) is 15.8. The van der Waals surface area contributed by atoms with E-state index in [0.717, 1.165) is 44.9 Å². The molecule has 16 heteroatoms. The van der Waals surface area contributed by atoms with Gasteiger partial charge in [0.1, 0.15) is 0 Å². The Hall–Kier alpha value is -1.90. The van der Waals surface area contributed by atoms with E-state index in [4.69, 9.17) is 5.11 Å². The number of hydrogen-bond donors (Lipinski definition) is 1. The van der Waals surface area contributed by atoms with Crippen molar-refractivity contribution >= 4 is 11.9 Å². The SMILES string of the molecule is CCCCCCCCCCCCCCCCCC(=O)O.CCCCCCCCCCCCCCCCCC(=O)OCC(F)(F)C(F)(F)C(F)(F)C(F)(F)C(F)(F)C(F)F. The highest BCUT2D eigenvalue weighted by atomic mass is 19.4. The number of esters is 1. The summed E-state index contributed by atoms with van der Waals surface area (Å²) in [5.41, 5.74) is 0. The summed E-state index contributed by atoms with van der Waals surface area (Å²) in [6.07, 6.45) is 28.9. The molecule has 0 aliphatic rings. The maximum Gasteiger partial charge on any atom is 0.384 e. The number of carbonyl (C=O) groups is 2. The van der Waals surface area contributed by atoms with Crippen LogP contribution in [-0.2, 0) is 14.3 Å². The van der Waals surface area contributed by atoms with Crippen molar-refractivity contribution in [3.05, 3.63) is 0 Å². The summed E-state index contributed by atoms with van der Waals surface area (Å²) in [6, 6.07) is 0. The number of unbranched alkanes of at least 4 members (excludes halogenated alkanes) is 28. The minimum absolute atomic E-state index is 0.0771. The van der Waals surface area contributed by atoms with Crippen LogP contribution in [0.2, 0.25) is 0 Å². The second kappa shape index (κ2) is 33.7. The maximum atomic E-state index is 13.6. The van der Waals surface area contributed by atoms with Crippen LogP contribution in [-0.4, -0.2) is 59.7 Å². The van der Waals surface area contributed by atoms with Crippen LogP contribution in [0.15, 0.2) is 0 Å². The molecule has 0 spiro atoms. The van der Waals surface area contributed by atoms with Gasteiger partial charge in [0, 0.05) is 12.8 Å². The monoisotopic (exact) mass is 883 g/mol. The maximum absolute atomic E-state index is 13.6. The number of rotatable bonds is 39. The van der Waals surface area contributed by atoms with Gasteiger partial charge in [-0.2, -0.15) is 43.9 Å². The molecule has 1 N–H and O–H groups in total. The number of carboxylic acids is 1. The van der Waals surface area contributed by atoms with E-state index < -0.39 is 61.0 Å². The van der Waals surface area contributed by atoms with Gasteiger partial charge in [-0.25, -0.2) is 8.78 Å². The fraction of sp³-hybridized carbons (Fsp3) is 0.953. The predicted octanol–water partition coefficient (Wildman–Crippen LogP) is 16.6. The summed E-state index contributed by atoms with van der Waals surface area (Å²) in [5.74, 6) is -38.0. The largest absolute Gasteiger partial charge is 0.481 e. The smallest absolute Gasteiger partial charge is 0.384 e. The summed E-state index contributed by atoms with van der Waals surface area (Å²) >= 11 is 0. The summed E-state index contributed by atoms with van der Waals surface area (Å²) in [7, 11) is 0. The van der Waals surface area contributed by atoms with E-state index in [1.807, 2.05) is 0 Å². The zero-order chi connectivity index (χ0) is 45.3. The number of alkyl halides is 12. The summed E-state index contributed by atoms with van der Waals surface area (Å²) in [4.78, 5) is 21.8. The lowest BCUT2D eigenvalue weighted by Gasteiger charge is -2.38. The van der Waals surface area contributed by atoms with E-state index in [-0.39, 0.29) is 6.42 Å². The first-order valence-electron chi connectivity index (χ1n) is 22.2. The van der Waals surface area contributed by atoms with Gasteiger partial charge in [0.25, 0.3) is 0 Å². The van der Waals surface area contributed by atoms with Gasteiger partial charge in [-0.3, -0.25) is 9.59 Å². The number of halogens is 12. The Bertz CT molecular complexity index is 1030. The number of carbonyl (C=O) groups excluding carboxylic acids is 1. The molecule has 0 aliphatic carbocycles. The molecule has 0 bridgehead atoms. The van der Waals surface area contributed by atoms with E-state index in [9.17, 15) is 62.3 Å². The highest BCUT2D eigenvalue weighted by Gasteiger charge is 2.87. The number of ether oxygens (including phenoxy) is 1. The molecule has 4 nitrogen and oxygen atoms in total. The summed E-state index contributed by atoms with van der Waals surface area (Å²) < 4.78 is 161. The van der Waals surface area contributed by atoms with Crippen molar-refractivity contribution in [2.24, 2.45) is 0 Å². The van der Waals surface area contributed by atoms with E-state index in [2.05, 4.69) is 18.6 Å². The Morgan fingerprint density at radius 2 is 0.695 bits per heavy atom. The molecular formula is C43H74F12O4. The van der Waals surface area contributed by atoms with Gasteiger partial charge in [-0.15, -0.1) is 0 Å². The number of hydrogen-bond acceptors (Lipinski definition) is 3. The normalized spacial score (nSPS) is 12.8. The van der Waals surface area contributed by atoms with E-state index in [1.165, 1.54) is 128 Å². The first-order chi connectivity index (χ1) is 27.7. The third kappa shape index (κ3) is 25.6. The molecule has 0 radical (unpaired) electrons. The highest BCUT2D eigenvalue weighted by Crippen LogP contribution is 2.58. The van der Waals surface area contributed by atoms with Gasteiger partial charge < -0.3 is 9.84 Å². The summed E-state index contributed by atoms with van der Waals surface area (Å²) in [6.45, 7) is 1.59. The lowest BCUT2D eigenvalue weighted by Crippen LogP contribution is -2.69. The molecule has 0 aliphatic heterocycles. The zero-order valence-electron chi connectivity index (χ0n) is 35.6. The van der Waals surface area contributed by atoms with Crippen LogP contribution in [0.5, 0.6) is 0 Å². The van der Waals surface area contributed by atoms with Crippen molar-refractivity contribution in [3.8, 4) is 0 Å². The van der Waals surface area contributed by atoms with E-state index in [1.54, 1.807) is 0 Å². The van der Waals surface area contributed by atoms with Gasteiger partial charge in [-0.05, 0) is 12.8 Å². The molecule has 0 fully saturated rings. The van der Waals surface area contributed by atoms with Crippen molar-refractivity contribution in [1.29, 1.82) is 0 Å². The molecule has 0 saturated carbocycles. The van der Waals surface area contributed by atoms with Crippen LogP contribution in [0.25, 0.3) is 0 Å². The van der Waals surface area contributed by atoms with Crippen molar-refractivity contribution in [2.75, 3.05) is 6.61 Å². The first-order valence-corrected chi connectivity index (χ1v) is 22.2. The van der Waals surface area contributed by atoms with Crippen LogP contribution < -0.4 is 0 Å². The third-order valence-corrected chi connectivity index (χ3v) is 10.3. The van der Waals surface area contributed by atoms with Gasteiger partial charge in [0.15, 0.2) is 6.61 Å². The minimum Gasteiger partial charge on any atom is -0.481 e. The van der Waals surface area contributed by atoms with Gasteiger partial charge >= 0.3 is 48.0 Å². The number of carboxylic acid groups (broad SMARTS) is 1. The molecule has 354 valence electrons. The van der Waals surface area contributed by atoms with E-state index >= 15 is 0 Å². The zero-order valence-corrected chi connectivity index (χ0v) is 35.6. The topological polar surface area (TPSA) is 63.6 Å². The van der Waals surface area contributed by atoms with E-state index in [0.29, 0.717) is 19.3 Å². The molecule has 59 heavy (non-hydrogen) atoms. The molecular weight excluding hydrogens is 808 g/mol. The van der Waals surface area contributed by atoms with Crippen molar-refractivity contribution in [1.82, 2.24) is 0 Å². The average molecular weight is 883 g/mol. The van der Waals surface area contributed by atoms with Gasteiger partial charge in [0.05, 0.1) is 0 Å². The van der Waals surface area contributed by atoms with Crippen LogP contribution >= 0.6 is 0 Å². The third-order valence-electron chi connectivity index (χ3n) is 10.3. The number of aliphatic carboxylic acids is 1. The molecule has 0 aromatic carbocycles. The van der Waals surface area contributed by atoms with Crippen molar-refractivity contribution < 1.29 is 72.1 Å². The van der Waals surface area contributed by atoms with Crippen LogP contribution in [0.4, 0.5) is 52.7 Å². The molecule has 0 heterocycles. The van der Waals surface area contributed by atoms with Crippen LogP contribution in [0.3, 0.4) is 0 Å². The second-order valence-corrected chi connectivity index (χ2v) is 15.8. The highest BCUT2D eigenvalue weighted by molar-refractivity contribution is 5.69. The van der Waals surface area contributed by atoms with Gasteiger partial charge in [-0.1, -0.05) is 194 Å². The lowest BCUT2D eigenvalue weighted by atomic mass is 9.94. The predicted molar refractivity (Wildman–Crippen MR) is 208 cm³/mol. The summed E-state index contributed by atoms with van der Waals surface area (Å²) in [5, 5.41) is 8.52. The first kappa shape index (κ1) is 59.2. The van der Waals surface area contributed by atoms with Crippen LogP contribution in [0.1, 0.15) is 219 Å². The Balaban J connectivity index is 0. The Morgan fingerprint density at radius 1 is 0.424 bits per heavy atom. The molecule has 0 rings (SSSR count). The molecule has 0 atom stereocenters. The fourth-order valence-corrected chi connectivity index (χ4v) is 6.40. The molecule has 0 aromatic heterocycles. The van der Waals surface area contributed by atoms with Crippen molar-refractivity contribution in [3.63, 3.8) is 0 Å². The Morgan fingerprint density at radius 3 is 0.966 bits per heavy atom. The molecule has 0 amide bonds. The van der Waals surface area contributed by atoms with Crippen molar-refractivity contribution in [2.45, 2.75) is 255 Å². The van der Waals surface area contributed by atoms with Crippen LogP contribution in [0, 0.1) is 0 Å². The molecule has 0 saturated heterocycles. The standard InChI is InChI=1S/C25H38F12O2.C18H36O2/c1-2-3-4-5-6-7-8-9-10-11-12-13-14-15-16-17-19(38)39-18-21(28,29)23(32,33)25(36,37)24(34,35)22(30,31)20(26)27;1-2-3-4-5-6-7-8-9-10-11-12-13-14-15-16-17-18(19)20/h20H,2-18H2,1H3;2-17H2,1H3,(H,19,20). The molecule has 0 aromatic rings. The average Bonchev–Trinajstić information content (AvgIpc) is 3.16. The Kier molecular flexibility index (Phi) is 33.8. The quantitative estimate of drug-likeness (QED) is 0.0379. The van der Waals surface area contributed by atoms with Gasteiger partial charge in [0.2, 0.25) is 0 Å².